The van der Waals surface area contributed by atoms with Crippen molar-refractivity contribution in [1.82, 2.24) is 5.32 Å². The summed E-state index contributed by atoms with van der Waals surface area (Å²) in [4.78, 5) is 12.3. The van der Waals surface area contributed by atoms with E-state index in [2.05, 4.69) is 5.32 Å². The first kappa shape index (κ1) is 14.7. The molecular weight excluding hydrogens is 248 g/mol. The summed E-state index contributed by atoms with van der Waals surface area (Å²) in [5.74, 6) is -0.209. The Kier molecular flexibility index (Phi) is 5.34. The van der Waals surface area contributed by atoms with Crippen LogP contribution < -0.4 is 11.1 Å². The third-order valence-corrected chi connectivity index (χ3v) is 4.31. The van der Waals surface area contributed by atoms with Crippen LogP contribution in [0.5, 0.6) is 0 Å². The normalized spacial score (nSPS) is 13.9. The molecule has 1 aromatic carbocycles. The quantitative estimate of drug-likeness (QED) is 0.797. The monoisotopic (exact) mass is 268 g/mol. The third kappa shape index (κ3) is 3.84. The topological polar surface area (TPSA) is 72.2 Å². The van der Waals surface area contributed by atoms with E-state index in [-0.39, 0.29) is 17.7 Å². The highest BCUT2D eigenvalue weighted by Gasteiger charge is 2.14. The zero-order valence-electron chi connectivity index (χ0n) is 11.0. The zero-order chi connectivity index (χ0) is 13.7. The molecular formula is C13H20N2O2S. The van der Waals surface area contributed by atoms with E-state index < -0.39 is 10.8 Å². The van der Waals surface area contributed by atoms with E-state index in [0.29, 0.717) is 10.6 Å². The van der Waals surface area contributed by atoms with Gasteiger partial charge in [0.1, 0.15) is 5.75 Å². The van der Waals surface area contributed by atoms with E-state index in [1.54, 1.807) is 18.2 Å². The molecule has 0 aromatic heterocycles. The minimum atomic E-state index is -1.35. The van der Waals surface area contributed by atoms with E-state index in [9.17, 15) is 9.00 Å². The van der Waals surface area contributed by atoms with Crippen LogP contribution in [0.25, 0.3) is 0 Å². The average Bonchev–Trinajstić information content (AvgIpc) is 2.32. The molecule has 2 atom stereocenters. The smallest absolute Gasteiger partial charge is 0.233 e. The first-order valence-electron chi connectivity index (χ1n) is 5.98. The van der Waals surface area contributed by atoms with Crippen molar-refractivity contribution in [3.8, 4) is 0 Å². The predicted octanol–water partition coefficient (Wildman–Crippen LogP) is 1.60. The Morgan fingerprint density at radius 1 is 1.50 bits per heavy atom. The van der Waals surface area contributed by atoms with E-state index >= 15 is 0 Å². The number of nitrogen functional groups attached to an aromatic ring is 1. The standard InChI is InChI=1S/C13H20N2O2S/c1-4-9(2)15-13(16)8-18(17)12-7-5-6-11(14)10(12)3/h5-7,9H,4,8,14H2,1-3H3,(H,15,16). The van der Waals surface area contributed by atoms with Crippen molar-refractivity contribution in [3.05, 3.63) is 23.8 Å². The number of amides is 1. The second-order valence-electron chi connectivity index (χ2n) is 4.34. The van der Waals surface area contributed by atoms with Crippen LogP contribution in [0.4, 0.5) is 5.69 Å². The Balaban J connectivity index is 2.71. The Morgan fingerprint density at radius 2 is 2.17 bits per heavy atom. The predicted molar refractivity (Wildman–Crippen MR) is 74.8 cm³/mol. The van der Waals surface area contributed by atoms with Crippen molar-refractivity contribution in [2.24, 2.45) is 0 Å². The molecule has 100 valence electrons. The fraction of sp³-hybridized carbons (Fsp3) is 0.462. The van der Waals surface area contributed by atoms with Crippen LogP contribution in [0.1, 0.15) is 25.8 Å². The molecule has 0 aliphatic heterocycles. The van der Waals surface area contributed by atoms with Gasteiger partial charge in [-0.05, 0) is 38.0 Å². The Morgan fingerprint density at radius 3 is 2.78 bits per heavy atom. The van der Waals surface area contributed by atoms with Crippen LogP contribution in [0, 0.1) is 6.92 Å². The van der Waals surface area contributed by atoms with Gasteiger partial charge in [-0.15, -0.1) is 0 Å². The molecule has 0 saturated heterocycles. The van der Waals surface area contributed by atoms with Gasteiger partial charge < -0.3 is 11.1 Å². The van der Waals surface area contributed by atoms with Crippen LogP contribution in [-0.4, -0.2) is 21.9 Å². The molecule has 5 heteroatoms. The summed E-state index contributed by atoms with van der Waals surface area (Å²) >= 11 is 0. The third-order valence-electron chi connectivity index (χ3n) is 2.85. The molecule has 0 aliphatic rings. The van der Waals surface area contributed by atoms with Gasteiger partial charge in [-0.3, -0.25) is 9.00 Å². The second kappa shape index (κ2) is 6.54. The Bertz CT molecular complexity index is 460. The number of benzene rings is 1. The Labute approximate surface area is 110 Å². The highest BCUT2D eigenvalue weighted by molar-refractivity contribution is 7.85. The van der Waals surface area contributed by atoms with Gasteiger partial charge in [0, 0.05) is 16.6 Å². The first-order valence-corrected chi connectivity index (χ1v) is 7.30. The summed E-state index contributed by atoms with van der Waals surface area (Å²) in [7, 11) is -1.35. The summed E-state index contributed by atoms with van der Waals surface area (Å²) < 4.78 is 12.1. The van der Waals surface area contributed by atoms with Crippen LogP contribution in [0.2, 0.25) is 0 Å². The van der Waals surface area contributed by atoms with Crippen molar-refractivity contribution in [1.29, 1.82) is 0 Å². The lowest BCUT2D eigenvalue weighted by Gasteiger charge is -2.12. The van der Waals surface area contributed by atoms with Crippen LogP contribution in [0.15, 0.2) is 23.1 Å². The van der Waals surface area contributed by atoms with Gasteiger partial charge in [-0.1, -0.05) is 13.0 Å². The van der Waals surface area contributed by atoms with Gasteiger partial charge in [0.15, 0.2) is 0 Å². The van der Waals surface area contributed by atoms with Crippen molar-refractivity contribution in [3.63, 3.8) is 0 Å². The molecule has 3 N–H and O–H groups in total. The van der Waals surface area contributed by atoms with Gasteiger partial charge in [0.2, 0.25) is 5.91 Å². The molecule has 0 bridgehead atoms. The minimum Gasteiger partial charge on any atom is -0.398 e. The van der Waals surface area contributed by atoms with Crippen molar-refractivity contribution in [2.45, 2.75) is 38.1 Å². The number of carbonyl (C=O) groups is 1. The fourth-order valence-electron chi connectivity index (χ4n) is 1.49. The summed E-state index contributed by atoms with van der Waals surface area (Å²) in [6.45, 7) is 5.73. The average molecular weight is 268 g/mol. The highest BCUT2D eigenvalue weighted by atomic mass is 32.2. The number of carbonyl (C=O) groups excluding carboxylic acids is 1. The van der Waals surface area contributed by atoms with E-state index in [1.165, 1.54) is 0 Å². The molecule has 0 spiro atoms. The largest absolute Gasteiger partial charge is 0.398 e. The number of anilines is 1. The zero-order valence-corrected chi connectivity index (χ0v) is 11.8. The fourth-order valence-corrected chi connectivity index (χ4v) is 2.66. The lowest BCUT2D eigenvalue weighted by atomic mass is 10.2. The van der Waals surface area contributed by atoms with E-state index in [4.69, 9.17) is 5.73 Å². The van der Waals surface area contributed by atoms with Crippen molar-refractivity contribution in [2.75, 3.05) is 11.5 Å². The molecule has 1 rings (SSSR count). The van der Waals surface area contributed by atoms with Gasteiger partial charge in [-0.2, -0.15) is 0 Å². The molecule has 1 amide bonds. The van der Waals surface area contributed by atoms with Crippen molar-refractivity contribution >= 4 is 22.4 Å². The summed E-state index contributed by atoms with van der Waals surface area (Å²) in [6.07, 6.45) is 0.857. The van der Waals surface area contributed by atoms with E-state index in [1.807, 2.05) is 20.8 Å². The maximum absolute atomic E-state index is 12.1. The van der Waals surface area contributed by atoms with Crippen molar-refractivity contribution < 1.29 is 9.00 Å². The molecule has 0 radical (unpaired) electrons. The lowest BCUT2D eigenvalue weighted by Crippen LogP contribution is -2.35. The number of hydrogen-bond acceptors (Lipinski definition) is 3. The van der Waals surface area contributed by atoms with Gasteiger partial charge in [-0.25, -0.2) is 0 Å². The van der Waals surface area contributed by atoms with E-state index in [0.717, 1.165) is 12.0 Å². The van der Waals surface area contributed by atoms with Gasteiger partial charge in [0.05, 0.1) is 10.8 Å². The SMILES string of the molecule is CCC(C)NC(=O)CS(=O)c1cccc(N)c1C. The summed E-state index contributed by atoms with van der Waals surface area (Å²) in [5, 5.41) is 2.80. The van der Waals surface area contributed by atoms with Crippen LogP contribution in [-0.2, 0) is 15.6 Å². The molecule has 0 fully saturated rings. The molecule has 0 saturated carbocycles. The lowest BCUT2D eigenvalue weighted by molar-refractivity contribution is -0.119. The number of rotatable bonds is 5. The molecule has 2 unspecified atom stereocenters. The minimum absolute atomic E-state index is 0.0192. The van der Waals surface area contributed by atoms with Crippen LogP contribution >= 0.6 is 0 Å². The molecule has 0 heterocycles. The highest BCUT2D eigenvalue weighted by Crippen LogP contribution is 2.19. The Hall–Kier alpha value is -1.36. The second-order valence-corrected chi connectivity index (χ2v) is 5.76. The molecule has 0 aliphatic carbocycles. The summed E-state index contributed by atoms with van der Waals surface area (Å²) in [6, 6.07) is 5.37. The number of nitrogens with one attached hydrogen (secondary N) is 1. The molecule has 1 aromatic rings. The van der Waals surface area contributed by atoms with Gasteiger partial charge >= 0.3 is 0 Å². The number of hydrogen-bond donors (Lipinski definition) is 2. The molecule has 18 heavy (non-hydrogen) atoms. The maximum Gasteiger partial charge on any atom is 0.233 e. The summed E-state index contributed by atoms with van der Waals surface area (Å²) in [5.41, 5.74) is 7.14. The maximum atomic E-state index is 12.1. The van der Waals surface area contributed by atoms with Gasteiger partial charge in [0.25, 0.3) is 0 Å². The number of nitrogens with two attached hydrogens (primary N) is 1. The first-order chi connectivity index (χ1) is 8.45. The molecule has 4 nitrogen and oxygen atoms in total. The van der Waals surface area contributed by atoms with Crippen LogP contribution in [0.3, 0.4) is 0 Å².